The van der Waals surface area contributed by atoms with Gasteiger partial charge in [-0.3, -0.25) is 10.5 Å². The molecule has 1 saturated carbocycles. The first-order valence-electron chi connectivity index (χ1n) is 5.26. The van der Waals surface area contributed by atoms with Crippen molar-refractivity contribution in [3.63, 3.8) is 0 Å². The number of hydrogen-bond acceptors (Lipinski definition) is 7. The maximum atomic E-state index is 11.9. The van der Waals surface area contributed by atoms with Crippen LogP contribution in [0.5, 0.6) is 0 Å². The van der Waals surface area contributed by atoms with E-state index in [1.807, 2.05) is 6.26 Å². The molecule has 2 N–H and O–H groups in total. The summed E-state index contributed by atoms with van der Waals surface area (Å²) in [5.41, 5.74) is 4.04. The second-order valence-corrected chi connectivity index (χ2v) is 5.50. The van der Waals surface area contributed by atoms with E-state index in [2.05, 4.69) is 12.6 Å². The summed E-state index contributed by atoms with van der Waals surface area (Å²) in [7, 11) is 0. The lowest BCUT2D eigenvalue weighted by molar-refractivity contribution is -0.181. The van der Waals surface area contributed by atoms with Gasteiger partial charge in [-0.2, -0.15) is 24.4 Å². The average Bonchev–Trinajstić information content (AvgIpc) is 3.00. The topological polar surface area (TPSA) is 78.6 Å². The Morgan fingerprint density at radius 3 is 2.59 bits per heavy atom. The number of nitrogens with two attached hydrogens (primary N) is 1. The first-order chi connectivity index (χ1) is 7.90. The van der Waals surface area contributed by atoms with E-state index in [0.29, 0.717) is 5.75 Å². The summed E-state index contributed by atoms with van der Waals surface area (Å²) in [6.07, 6.45) is 3.43. The van der Waals surface area contributed by atoms with Gasteiger partial charge in [0.05, 0.1) is 5.25 Å². The first kappa shape index (κ1) is 14.7. The summed E-state index contributed by atoms with van der Waals surface area (Å²) in [5, 5.41) is -0.604. The highest BCUT2D eigenvalue weighted by molar-refractivity contribution is 7.99. The van der Waals surface area contributed by atoms with Gasteiger partial charge in [0.2, 0.25) is 0 Å². The molecular weight excluding hydrogens is 262 g/mol. The third-order valence-electron chi connectivity index (χ3n) is 2.25. The molecule has 0 aliphatic heterocycles. The molecule has 0 aromatic rings. The Morgan fingerprint density at radius 2 is 2.18 bits per heavy atom. The van der Waals surface area contributed by atoms with Crippen LogP contribution in [0.15, 0.2) is 0 Å². The van der Waals surface area contributed by atoms with Crippen LogP contribution in [0.2, 0.25) is 0 Å². The van der Waals surface area contributed by atoms with Crippen LogP contribution in [0.1, 0.15) is 19.8 Å². The van der Waals surface area contributed by atoms with Crippen molar-refractivity contribution in [2.24, 2.45) is 5.73 Å². The lowest BCUT2D eigenvalue weighted by Crippen LogP contribution is -2.60. The minimum Gasteiger partial charge on any atom is -0.458 e. The monoisotopic (exact) mass is 279 g/mol. The largest absolute Gasteiger partial charge is 0.458 e. The normalized spacial score (nSPS) is 20.2. The summed E-state index contributed by atoms with van der Waals surface area (Å²) < 4.78 is 10.0. The zero-order valence-electron chi connectivity index (χ0n) is 9.84. The number of carbonyl (C=O) groups is 2. The highest BCUT2D eigenvalue weighted by atomic mass is 32.2. The Balaban J connectivity index is 2.74. The first-order valence-corrected chi connectivity index (χ1v) is 7.17. The number of esters is 2. The van der Waals surface area contributed by atoms with Gasteiger partial charge < -0.3 is 9.47 Å². The zero-order valence-corrected chi connectivity index (χ0v) is 11.6. The van der Waals surface area contributed by atoms with Crippen molar-refractivity contribution in [3.8, 4) is 0 Å². The van der Waals surface area contributed by atoms with E-state index in [-0.39, 0.29) is 6.10 Å². The molecule has 0 bridgehead atoms. The minimum atomic E-state index is -1.81. The Kier molecular flexibility index (Phi) is 5.15. The molecule has 5 nitrogen and oxygen atoms in total. The standard InChI is InChI=1S/C10H17NO4S2/c1-6(12)15-10(11,8(16)5-17-2)9(13)14-7-3-4-7/h7-8,16H,3-5,11H2,1-2H3. The lowest BCUT2D eigenvalue weighted by atomic mass is 10.1. The van der Waals surface area contributed by atoms with Gasteiger partial charge in [-0.25, -0.2) is 4.79 Å². The molecule has 0 amide bonds. The van der Waals surface area contributed by atoms with Crippen LogP contribution in [-0.4, -0.2) is 41.0 Å². The molecule has 2 atom stereocenters. The van der Waals surface area contributed by atoms with Crippen LogP contribution in [0, 0.1) is 0 Å². The molecule has 1 aliphatic rings. The number of rotatable bonds is 6. The Bertz CT molecular complexity index is 309. The fraction of sp³-hybridized carbons (Fsp3) is 0.800. The molecule has 0 heterocycles. The third kappa shape index (κ3) is 4.08. The lowest BCUT2D eigenvalue weighted by Gasteiger charge is -2.31. The Labute approximate surface area is 110 Å². The molecule has 17 heavy (non-hydrogen) atoms. The van der Waals surface area contributed by atoms with E-state index in [0.717, 1.165) is 12.8 Å². The molecule has 0 radical (unpaired) electrons. The van der Waals surface area contributed by atoms with Gasteiger partial charge in [0.25, 0.3) is 5.72 Å². The maximum absolute atomic E-state index is 11.9. The second-order valence-electron chi connectivity index (χ2n) is 3.96. The molecule has 98 valence electrons. The van der Waals surface area contributed by atoms with E-state index in [1.165, 1.54) is 18.7 Å². The van der Waals surface area contributed by atoms with Gasteiger partial charge in [0.1, 0.15) is 6.10 Å². The van der Waals surface area contributed by atoms with Gasteiger partial charge in [-0.15, -0.1) is 0 Å². The van der Waals surface area contributed by atoms with Crippen molar-refractivity contribution in [1.29, 1.82) is 0 Å². The summed E-state index contributed by atoms with van der Waals surface area (Å²) >= 11 is 5.68. The summed E-state index contributed by atoms with van der Waals surface area (Å²) in [6.45, 7) is 1.20. The van der Waals surface area contributed by atoms with Crippen LogP contribution >= 0.6 is 24.4 Å². The van der Waals surface area contributed by atoms with E-state index >= 15 is 0 Å². The van der Waals surface area contributed by atoms with Gasteiger partial charge in [0.15, 0.2) is 0 Å². The van der Waals surface area contributed by atoms with Crippen LogP contribution in [0.3, 0.4) is 0 Å². The van der Waals surface area contributed by atoms with Crippen LogP contribution in [-0.2, 0) is 19.1 Å². The van der Waals surface area contributed by atoms with Gasteiger partial charge in [-0.05, 0) is 19.1 Å². The predicted octanol–water partition coefficient (Wildman–Crippen LogP) is 0.571. The van der Waals surface area contributed by atoms with E-state index in [4.69, 9.17) is 15.2 Å². The third-order valence-corrected chi connectivity index (χ3v) is 3.73. The molecule has 0 spiro atoms. The average molecular weight is 279 g/mol. The molecule has 0 aromatic carbocycles. The molecule has 2 unspecified atom stereocenters. The van der Waals surface area contributed by atoms with Crippen molar-refractivity contribution in [2.45, 2.75) is 36.8 Å². The zero-order chi connectivity index (χ0) is 13.1. The van der Waals surface area contributed by atoms with E-state index in [9.17, 15) is 9.59 Å². The molecule has 1 aliphatic carbocycles. The van der Waals surface area contributed by atoms with Gasteiger partial charge in [-0.1, -0.05) is 0 Å². The number of carbonyl (C=O) groups excluding carboxylic acids is 2. The van der Waals surface area contributed by atoms with Gasteiger partial charge in [0, 0.05) is 12.7 Å². The highest BCUT2D eigenvalue weighted by Gasteiger charge is 2.47. The van der Waals surface area contributed by atoms with Crippen molar-refractivity contribution >= 4 is 36.3 Å². The molecule has 1 rings (SSSR count). The number of ether oxygens (including phenoxy) is 2. The number of hydrogen-bond donors (Lipinski definition) is 2. The number of thiol groups is 1. The van der Waals surface area contributed by atoms with Crippen LogP contribution in [0.25, 0.3) is 0 Å². The summed E-state index contributed by atoms with van der Waals surface area (Å²) in [4.78, 5) is 22.9. The summed E-state index contributed by atoms with van der Waals surface area (Å²) in [5.74, 6) is -0.864. The Hall–Kier alpha value is -0.400. The van der Waals surface area contributed by atoms with Crippen molar-refractivity contribution in [3.05, 3.63) is 0 Å². The fourth-order valence-corrected chi connectivity index (χ4v) is 2.36. The van der Waals surface area contributed by atoms with Gasteiger partial charge >= 0.3 is 11.9 Å². The molecule has 7 heteroatoms. The van der Waals surface area contributed by atoms with Crippen LogP contribution < -0.4 is 5.73 Å². The molecular formula is C10H17NO4S2. The predicted molar refractivity (Wildman–Crippen MR) is 69.0 cm³/mol. The van der Waals surface area contributed by atoms with E-state index < -0.39 is 22.9 Å². The smallest absolute Gasteiger partial charge is 0.367 e. The quantitative estimate of drug-likeness (QED) is 0.420. The molecule has 0 aromatic heterocycles. The maximum Gasteiger partial charge on any atom is 0.367 e. The van der Waals surface area contributed by atoms with Crippen molar-refractivity contribution in [1.82, 2.24) is 0 Å². The minimum absolute atomic E-state index is 0.0872. The van der Waals surface area contributed by atoms with Crippen LogP contribution in [0.4, 0.5) is 0 Å². The highest BCUT2D eigenvalue weighted by Crippen LogP contribution is 2.28. The SMILES string of the molecule is CSCC(S)C(N)(OC(C)=O)C(=O)OC1CC1. The fourth-order valence-electron chi connectivity index (χ4n) is 1.19. The van der Waals surface area contributed by atoms with E-state index in [1.54, 1.807) is 0 Å². The Morgan fingerprint density at radius 1 is 1.59 bits per heavy atom. The number of thioether (sulfide) groups is 1. The van der Waals surface area contributed by atoms with Crippen molar-refractivity contribution < 1.29 is 19.1 Å². The molecule has 0 saturated heterocycles. The second kappa shape index (κ2) is 5.97. The summed E-state index contributed by atoms with van der Waals surface area (Å²) in [6, 6.07) is 0. The van der Waals surface area contributed by atoms with Crippen molar-refractivity contribution in [2.75, 3.05) is 12.0 Å². The molecule has 1 fully saturated rings.